The van der Waals surface area contributed by atoms with Gasteiger partial charge in [0.15, 0.2) is 0 Å². The monoisotopic (exact) mass is 401 g/mol. The van der Waals surface area contributed by atoms with Crippen molar-refractivity contribution in [3.8, 4) is 11.3 Å². The zero-order valence-corrected chi connectivity index (χ0v) is 15.8. The summed E-state index contributed by atoms with van der Waals surface area (Å²) in [6, 6.07) is 10.0. The molecule has 1 fully saturated rings. The van der Waals surface area contributed by atoms with Crippen molar-refractivity contribution in [2.75, 3.05) is 20.8 Å². The van der Waals surface area contributed by atoms with Gasteiger partial charge in [0.1, 0.15) is 18.1 Å². The summed E-state index contributed by atoms with van der Waals surface area (Å²) < 4.78 is 15.0. The number of imide groups is 1. The van der Waals surface area contributed by atoms with Crippen molar-refractivity contribution >= 4 is 40.9 Å². The van der Waals surface area contributed by atoms with Crippen LogP contribution in [0.4, 0.5) is 4.79 Å². The lowest BCUT2D eigenvalue weighted by molar-refractivity contribution is -0.143. The predicted octanol–water partition coefficient (Wildman–Crippen LogP) is 2.94. The highest BCUT2D eigenvalue weighted by Crippen LogP contribution is 2.33. The first-order valence-electron chi connectivity index (χ1n) is 8.04. The molecule has 2 heterocycles. The van der Waals surface area contributed by atoms with Gasteiger partial charge in [-0.05, 0) is 30.0 Å². The first-order chi connectivity index (χ1) is 13.4. The summed E-state index contributed by atoms with van der Waals surface area (Å²) >= 11 is 0.702. The van der Waals surface area contributed by atoms with Gasteiger partial charge in [0.25, 0.3) is 11.1 Å². The Hall–Kier alpha value is -3.33. The molecule has 0 atom stereocenters. The van der Waals surface area contributed by atoms with E-state index in [1.54, 1.807) is 36.4 Å². The molecule has 8 nitrogen and oxygen atoms in total. The number of hydrogen-bond acceptors (Lipinski definition) is 8. The molecule has 0 N–H and O–H groups in total. The Morgan fingerprint density at radius 1 is 1.11 bits per heavy atom. The Balaban J connectivity index is 1.86. The minimum atomic E-state index is -0.691. The number of thioether (sulfide) groups is 1. The van der Waals surface area contributed by atoms with Gasteiger partial charge in [0.05, 0.1) is 24.7 Å². The summed E-state index contributed by atoms with van der Waals surface area (Å²) in [6.45, 7) is -0.450. The topological polar surface area (TPSA) is 103 Å². The van der Waals surface area contributed by atoms with Crippen LogP contribution in [0.1, 0.15) is 16.1 Å². The van der Waals surface area contributed by atoms with E-state index in [4.69, 9.17) is 9.15 Å². The highest BCUT2D eigenvalue weighted by atomic mass is 32.2. The molecule has 144 valence electrons. The third-order valence-electron chi connectivity index (χ3n) is 3.89. The molecule has 1 saturated heterocycles. The maximum atomic E-state index is 12.3. The van der Waals surface area contributed by atoms with Crippen LogP contribution in [-0.4, -0.2) is 48.7 Å². The summed E-state index contributed by atoms with van der Waals surface area (Å²) in [5.74, 6) is -1.08. The van der Waals surface area contributed by atoms with Crippen molar-refractivity contribution in [3.63, 3.8) is 0 Å². The molecule has 1 aromatic heterocycles. The first kappa shape index (κ1) is 19.4. The van der Waals surface area contributed by atoms with Crippen LogP contribution in [0.15, 0.2) is 45.7 Å². The Morgan fingerprint density at radius 3 is 2.57 bits per heavy atom. The van der Waals surface area contributed by atoms with Gasteiger partial charge in [-0.1, -0.05) is 18.2 Å². The van der Waals surface area contributed by atoms with Crippen LogP contribution >= 0.6 is 11.8 Å². The number of methoxy groups -OCH3 is 2. The SMILES string of the molecule is COC(=O)CN1C(=O)S/C(=C/c2ccc(-c3ccccc3C(=O)OC)o2)C1=O. The molecule has 2 aromatic rings. The molecule has 1 aliphatic heterocycles. The zero-order chi connectivity index (χ0) is 20.3. The lowest BCUT2D eigenvalue weighted by Gasteiger charge is -2.09. The van der Waals surface area contributed by atoms with Crippen LogP contribution in [0, 0.1) is 0 Å². The van der Waals surface area contributed by atoms with E-state index in [1.165, 1.54) is 20.3 Å². The number of ether oxygens (including phenoxy) is 2. The Labute approximate surface area is 164 Å². The third-order valence-corrected chi connectivity index (χ3v) is 4.79. The Bertz CT molecular complexity index is 992. The lowest BCUT2D eigenvalue weighted by Crippen LogP contribution is -2.34. The second kappa shape index (κ2) is 8.13. The molecule has 3 rings (SSSR count). The van der Waals surface area contributed by atoms with Gasteiger partial charge in [0.2, 0.25) is 0 Å². The molecule has 1 aliphatic rings. The quantitative estimate of drug-likeness (QED) is 0.556. The number of amides is 2. The van der Waals surface area contributed by atoms with E-state index in [0.717, 1.165) is 4.90 Å². The molecule has 0 spiro atoms. The largest absolute Gasteiger partial charge is 0.468 e. The van der Waals surface area contributed by atoms with E-state index in [1.807, 2.05) is 0 Å². The fraction of sp³-hybridized carbons (Fsp3) is 0.158. The van der Waals surface area contributed by atoms with Gasteiger partial charge in [-0.3, -0.25) is 19.3 Å². The predicted molar refractivity (Wildman–Crippen MR) is 100 cm³/mol. The normalized spacial score (nSPS) is 15.2. The number of esters is 2. The van der Waals surface area contributed by atoms with Gasteiger partial charge >= 0.3 is 11.9 Å². The Morgan fingerprint density at radius 2 is 1.86 bits per heavy atom. The van der Waals surface area contributed by atoms with Crippen LogP contribution in [0.5, 0.6) is 0 Å². The number of carbonyl (C=O) groups is 4. The van der Waals surface area contributed by atoms with Crippen LogP contribution < -0.4 is 0 Å². The summed E-state index contributed by atoms with van der Waals surface area (Å²) in [5, 5.41) is -0.565. The van der Waals surface area contributed by atoms with Crippen LogP contribution in [0.2, 0.25) is 0 Å². The van der Waals surface area contributed by atoms with Crippen molar-refractivity contribution in [2.45, 2.75) is 0 Å². The smallest absolute Gasteiger partial charge is 0.338 e. The van der Waals surface area contributed by atoms with Crippen molar-refractivity contribution in [1.82, 2.24) is 4.90 Å². The molecule has 0 radical (unpaired) electrons. The van der Waals surface area contributed by atoms with Gasteiger partial charge < -0.3 is 13.9 Å². The summed E-state index contributed by atoms with van der Waals surface area (Å²) in [4.78, 5) is 48.5. The maximum Gasteiger partial charge on any atom is 0.338 e. The van der Waals surface area contributed by atoms with E-state index < -0.39 is 29.6 Å². The van der Waals surface area contributed by atoms with E-state index in [-0.39, 0.29) is 4.91 Å². The van der Waals surface area contributed by atoms with Gasteiger partial charge in [-0.2, -0.15) is 0 Å². The van der Waals surface area contributed by atoms with Crippen molar-refractivity contribution in [2.24, 2.45) is 0 Å². The number of rotatable bonds is 5. The van der Waals surface area contributed by atoms with Gasteiger partial charge in [0, 0.05) is 11.6 Å². The van der Waals surface area contributed by atoms with Gasteiger partial charge in [-0.25, -0.2) is 4.79 Å². The molecule has 1 aromatic carbocycles. The number of nitrogens with zero attached hydrogens (tertiary/aromatic N) is 1. The minimum Gasteiger partial charge on any atom is -0.468 e. The number of carbonyl (C=O) groups excluding carboxylic acids is 4. The van der Waals surface area contributed by atoms with Crippen molar-refractivity contribution < 1.29 is 33.1 Å². The zero-order valence-electron chi connectivity index (χ0n) is 15.0. The fourth-order valence-corrected chi connectivity index (χ4v) is 3.34. The van der Waals surface area contributed by atoms with Crippen molar-refractivity contribution in [1.29, 1.82) is 0 Å². The molecule has 0 saturated carbocycles. The molecule has 0 bridgehead atoms. The molecule has 0 aliphatic carbocycles. The van der Waals surface area contributed by atoms with E-state index in [9.17, 15) is 19.2 Å². The second-order valence-corrected chi connectivity index (χ2v) is 6.58. The molecule has 0 unspecified atom stereocenters. The fourth-order valence-electron chi connectivity index (χ4n) is 2.52. The van der Waals surface area contributed by atoms with E-state index >= 15 is 0 Å². The molecule has 9 heteroatoms. The summed E-state index contributed by atoms with van der Waals surface area (Å²) in [5.41, 5.74) is 0.872. The Kier molecular flexibility index (Phi) is 5.65. The minimum absolute atomic E-state index is 0.121. The second-order valence-electron chi connectivity index (χ2n) is 5.58. The molecule has 2 amide bonds. The van der Waals surface area contributed by atoms with Crippen molar-refractivity contribution in [3.05, 3.63) is 52.6 Å². The van der Waals surface area contributed by atoms with Crippen LogP contribution in [0.25, 0.3) is 17.4 Å². The maximum absolute atomic E-state index is 12.3. The first-order valence-corrected chi connectivity index (χ1v) is 8.86. The highest BCUT2D eigenvalue weighted by Gasteiger charge is 2.36. The summed E-state index contributed by atoms with van der Waals surface area (Å²) in [6.07, 6.45) is 1.41. The number of hydrogen-bond donors (Lipinski definition) is 0. The van der Waals surface area contributed by atoms with Crippen LogP contribution in [-0.2, 0) is 19.1 Å². The molecular formula is C19H15NO7S. The van der Waals surface area contributed by atoms with Crippen LogP contribution in [0.3, 0.4) is 0 Å². The average molecular weight is 401 g/mol. The molecular weight excluding hydrogens is 386 g/mol. The third kappa shape index (κ3) is 3.84. The summed E-state index contributed by atoms with van der Waals surface area (Å²) in [7, 11) is 2.46. The number of furan rings is 1. The van der Waals surface area contributed by atoms with E-state index in [0.29, 0.717) is 34.4 Å². The molecule has 28 heavy (non-hydrogen) atoms. The van der Waals surface area contributed by atoms with Gasteiger partial charge in [-0.15, -0.1) is 0 Å². The lowest BCUT2D eigenvalue weighted by atomic mass is 10.1. The standard InChI is InChI=1S/C19H15NO7S/c1-25-16(21)10-20-17(22)15(28-19(20)24)9-11-7-8-14(27-11)12-5-3-4-6-13(12)18(23)26-2/h3-9H,10H2,1-2H3/b15-9+. The highest BCUT2D eigenvalue weighted by molar-refractivity contribution is 8.18. The average Bonchev–Trinajstić information content (AvgIpc) is 3.27. The number of benzene rings is 1. The van der Waals surface area contributed by atoms with E-state index in [2.05, 4.69) is 4.74 Å².